The van der Waals surface area contributed by atoms with Gasteiger partial charge in [-0.1, -0.05) is 18.5 Å². The number of hydrogen-bond donors (Lipinski definition) is 3. The molecular formula is C10H15ClN4O. The maximum atomic E-state index is 11.8. The molecule has 4 N–H and O–H groups in total. The molecule has 0 saturated heterocycles. The summed E-state index contributed by atoms with van der Waals surface area (Å²) in [5.74, 6) is 5.39. The molecule has 1 rings (SSSR count). The molecule has 88 valence electrons. The SMILES string of the molecule is CCC(C)NC(=O)c1cc(Cl)nc(NN)c1. The maximum absolute atomic E-state index is 11.8. The van der Waals surface area contributed by atoms with Crippen molar-refractivity contribution in [3.63, 3.8) is 0 Å². The standard InChI is InChI=1S/C10H15ClN4O/c1-3-6(2)13-10(16)7-4-8(11)14-9(5-7)15-12/h4-6H,3,12H2,1-2H3,(H,13,16)(H,14,15). The quantitative estimate of drug-likeness (QED) is 0.425. The third-order valence-corrected chi connectivity index (χ3v) is 2.39. The minimum atomic E-state index is -0.185. The molecule has 6 heteroatoms. The third-order valence-electron chi connectivity index (χ3n) is 2.19. The van der Waals surface area contributed by atoms with Crippen molar-refractivity contribution in [3.8, 4) is 0 Å². The van der Waals surface area contributed by atoms with Crippen LogP contribution in [0.5, 0.6) is 0 Å². The molecular weight excluding hydrogens is 228 g/mol. The second-order valence-electron chi connectivity index (χ2n) is 3.49. The van der Waals surface area contributed by atoms with Crippen LogP contribution in [0.2, 0.25) is 5.15 Å². The minimum absolute atomic E-state index is 0.119. The van der Waals surface area contributed by atoms with E-state index in [9.17, 15) is 4.79 Å². The summed E-state index contributed by atoms with van der Waals surface area (Å²) in [5.41, 5.74) is 2.79. The first-order valence-electron chi connectivity index (χ1n) is 5.02. The average molecular weight is 243 g/mol. The monoisotopic (exact) mass is 242 g/mol. The van der Waals surface area contributed by atoms with E-state index < -0.39 is 0 Å². The second kappa shape index (κ2) is 5.67. The summed E-state index contributed by atoms with van der Waals surface area (Å²) in [6.07, 6.45) is 0.868. The molecule has 1 aromatic rings. The number of aromatic nitrogens is 1. The summed E-state index contributed by atoms with van der Waals surface area (Å²) in [6.45, 7) is 3.93. The predicted molar refractivity (Wildman–Crippen MR) is 64.3 cm³/mol. The zero-order valence-corrected chi connectivity index (χ0v) is 10.0. The van der Waals surface area contributed by atoms with Gasteiger partial charge in [0, 0.05) is 11.6 Å². The number of nitrogens with zero attached hydrogens (tertiary/aromatic N) is 1. The van der Waals surface area contributed by atoms with Crippen LogP contribution in [-0.2, 0) is 0 Å². The van der Waals surface area contributed by atoms with Crippen molar-refractivity contribution in [1.82, 2.24) is 10.3 Å². The highest BCUT2D eigenvalue weighted by atomic mass is 35.5. The van der Waals surface area contributed by atoms with Crippen LogP contribution < -0.4 is 16.6 Å². The molecule has 1 unspecified atom stereocenters. The second-order valence-corrected chi connectivity index (χ2v) is 3.88. The number of pyridine rings is 1. The fraction of sp³-hybridized carbons (Fsp3) is 0.400. The summed E-state index contributed by atoms with van der Waals surface area (Å²) in [5, 5.41) is 3.06. The summed E-state index contributed by atoms with van der Waals surface area (Å²) in [4.78, 5) is 15.7. The molecule has 0 aliphatic carbocycles. The lowest BCUT2D eigenvalue weighted by atomic mass is 10.2. The summed E-state index contributed by atoms with van der Waals surface area (Å²) >= 11 is 5.76. The van der Waals surface area contributed by atoms with Crippen LogP contribution in [0, 0.1) is 0 Å². The molecule has 0 aliphatic heterocycles. The number of nitrogens with one attached hydrogen (secondary N) is 2. The Hall–Kier alpha value is -1.33. The van der Waals surface area contributed by atoms with E-state index in [4.69, 9.17) is 17.4 Å². The van der Waals surface area contributed by atoms with E-state index in [1.165, 1.54) is 6.07 Å². The maximum Gasteiger partial charge on any atom is 0.251 e. The van der Waals surface area contributed by atoms with Crippen LogP contribution in [0.4, 0.5) is 5.82 Å². The zero-order chi connectivity index (χ0) is 12.1. The highest BCUT2D eigenvalue weighted by Crippen LogP contribution is 2.13. The van der Waals surface area contributed by atoms with Gasteiger partial charge in [-0.2, -0.15) is 0 Å². The molecule has 1 aromatic heterocycles. The number of hydrazine groups is 1. The predicted octanol–water partition coefficient (Wildman–Crippen LogP) is 1.55. The summed E-state index contributed by atoms with van der Waals surface area (Å²) in [7, 11) is 0. The van der Waals surface area contributed by atoms with E-state index in [1.54, 1.807) is 6.07 Å². The van der Waals surface area contributed by atoms with Gasteiger partial charge >= 0.3 is 0 Å². The van der Waals surface area contributed by atoms with Crippen molar-refractivity contribution in [2.75, 3.05) is 5.43 Å². The molecule has 0 aliphatic rings. The highest BCUT2D eigenvalue weighted by molar-refractivity contribution is 6.29. The summed E-state index contributed by atoms with van der Waals surface area (Å²) in [6, 6.07) is 3.16. The number of nitrogens with two attached hydrogens (primary N) is 1. The number of amides is 1. The molecule has 0 aromatic carbocycles. The fourth-order valence-corrected chi connectivity index (χ4v) is 1.32. The number of hydrogen-bond acceptors (Lipinski definition) is 4. The number of carbonyl (C=O) groups is 1. The van der Waals surface area contributed by atoms with Crippen molar-refractivity contribution in [1.29, 1.82) is 0 Å². The Kier molecular flexibility index (Phi) is 4.52. The zero-order valence-electron chi connectivity index (χ0n) is 9.25. The Labute approximate surface area is 99.4 Å². The molecule has 0 saturated carbocycles. The molecule has 1 heterocycles. The molecule has 1 amide bonds. The van der Waals surface area contributed by atoms with Crippen LogP contribution in [0.15, 0.2) is 12.1 Å². The molecule has 0 fully saturated rings. The first kappa shape index (κ1) is 12.7. The van der Waals surface area contributed by atoms with Crippen LogP contribution in [0.3, 0.4) is 0 Å². The van der Waals surface area contributed by atoms with Gasteiger partial charge in [0.25, 0.3) is 5.91 Å². The highest BCUT2D eigenvalue weighted by Gasteiger charge is 2.10. The smallest absolute Gasteiger partial charge is 0.251 e. The minimum Gasteiger partial charge on any atom is -0.350 e. The largest absolute Gasteiger partial charge is 0.350 e. The van der Waals surface area contributed by atoms with Crippen molar-refractivity contribution < 1.29 is 4.79 Å². The molecule has 1 atom stereocenters. The molecule has 16 heavy (non-hydrogen) atoms. The first-order chi connectivity index (χ1) is 7.56. The normalized spacial score (nSPS) is 12.0. The van der Waals surface area contributed by atoms with E-state index in [0.29, 0.717) is 11.4 Å². The number of carbonyl (C=O) groups excluding carboxylic acids is 1. The fourth-order valence-electron chi connectivity index (χ4n) is 1.11. The van der Waals surface area contributed by atoms with E-state index in [0.717, 1.165) is 6.42 Å². The molecule has 0 bridgehead atoms. The van der Waals surface area contributed by atoms with Crippen molar-refractivity contribution in [2.24, 2.45) is 5.84 Å². The Morgan fingerprint density at radius 1 is 1.62 bits per heavy atom. The van der Waals surface area contributed by atoms with Crippen LogP contribution in [0.25, 0.3) is 0 Å². The van der Waals surface area contributed by atoms with Gasteiger partial charge in [-0.3, -0.25) is 4.79 Å². The Balaban J connectivity index is 2.86. The van der Waals surface area contributed by atoms with Crippen LogP contribution in [0.1, 0.15) is 30.6 Å². The van der Waals surface area contributed by atoms with E-state index in [2.05, 4.69) is 15.7 Å². The van der Waals surface area contributed by atoms with E-state index in [1.807, 2.05) is 13.8 Å². The van der Waals surface area contributed by atoms with Gasteiger partial charge < -0.3 is 10.7 Å². The number of rotatable bonds is 4. The average Bonchev–Trinajstić information content (AvgIpc) is 2.27. The van der Waals surface area contributed by atoms with Crippen molar-refractivity contribution in [2.45, 2.75) is 26.3 Å². The van der Waals surface area contributed by atoms with Gasteiger partial charge in [-0.25, -0.2) is 10.8 Å². The van der Waals surface area contributed by atoms with Gasteiger partial charge in [0.1, 0.15) is 11.0 Å². The lowest BCUT2D eigenvalue weighted by molar-refractivity contribution is 0.0939. The van der Waals surface area contributed by atoms with Gasteiger partial charge in [-0.15, -0.1) is 0 Å². The number of anilines is 1. The van der Waals surface area contributed by atoms with E-state index >= 15 is 0 Å². The van der Waals surface area contributed by atoms with Gasteiger partial charge in [0.15, 0.2) is 0 Å². The topological polar surface area (TPSA) is 80.0 Å². The summed E-state index contributed by atoms with van der Waals surface area (Å²) < 4.78 is 0. The molecule has 5 nitrogen and oxygen atoms in total. The van der Waals surface area contributed by atoms with Gasteiger partial charge in [0.2, 0.25) is 0 Å². The van der Waals surface area contributed by atoms with Crippen LogP contribution >= 0.6 is 11.6 Å². The number of nitrogen functional groups attached to an aromatic ring is 1. The van der Waals surface area contributed by atoms with Crippen molar-refractivity contribution >= 4 is 23.3 Å². The lowest BCUT2D eigenvalue weighted by Crippen LogP contribution is -2.32. The van der Waals surface area contributed by atoms with Crippen LogP contribution in [-0.4, -0.2) is 16.9 Å². The molecule has 0 radical (unpaired) electrons. The lowest BCUT2D eigenvalue weighted by Gasteiger charge is -2.12. The third kappa shape index (κ3) is 3.36. The Bertz CT molecular complexity index is 383. The van der Waals surface area contributed by atoms with Crippen molar-refractivity contribution in [3.05, 3.63) is 22.8 Å². The van der Waals surface area contributed by atoms with E-state index in [-0.39, 0.29) is 17.1 Å². The van der Waals surface area contributed by atoms with Gasteiger partial charge in [-0.05, 0) is 25.5 Å². The Morgan fingerprint density at radius 2 is 2.31 bits per heavy atom. The molecule has 0 spiro atoms. The number of halogens is 1. The van der Waals surface area contributed by atoms with Gasteiger partial charge in [0.05, 0.1) is 0 Å². The first-order valence-corrected chi connectivity index (χ1v) is 5.39. The Morgan fingerprint density at radius 3 is 2.88 bits per heavy atom.